The Morgan fingerprint density at radius 2 is 1.70 bits per heavy atom. The van der Waals surface area contributed by atoms with Gasteiger partial charge in [0.05, 0.1) is 31.6 Å². The molecule has 43 heavy (non-hydrogen) atoms. The molecular formula is C30H51N5O8. The van der Waals surface area contributed by atoms with E-state index in [9.17, 15) is 19.2 Å². The van der Waals surface area contributed by atoms with E-state index in [1.54, 1.807) is 39.5 Å². The Kier molecular flexibility index (Phi) is 12.5. The standard InChI is InChI=1S/C30H51N5O8/c1-6-40-24(36)19-30(25(37)41-7-2)12-17-33(18-13-30)20-23-21-35(28(39)42-23)14-8-9-22-10-15-34(16-11-22)26(31)32-27(38)43-29(3,4)5/h22-23H,6-21H2,1-5H3,(H2,31,32,38). The van der Waals surface area contributed by atoms with Crippen LogP contribution in [0.4, 0.5) is 9.59 Å². The monoisotopic (exact) mass is 609 g/mol. The van der Waals surface area contributed by atoms with Gasteiger partial charge in [0.25, 0.3) is 0 Å². The first-order chi connectivity index (χ1) is 20.3. The molecule has 13 nitrogen and oxygen atoms in total. The Morgan fingerprint density at radius 3 is 2.30 bits per heavy atom. The number of hydrogen-bond acceptors (Lipinski definition) is 10. The highest BCUT2D eigenvalue weighted by Crippen LogP contribution is 2.37. The van der Waals surface area contributed by atoms with Gasteiger partial charge in [-0.25, -0.2) is 9.59 Å². The van der Waals surface area contributed by atoms with E-state index in [4.69, 9.17) is 24.4 Å². The van der Waals surface area contributed by atoms with Crippen molar-refractivity contribution in [2.75, 3.05) is 59.0 Å². The summed E-state index contributed by atoms with van der Waals surface area (Å²) in [5, 5.41) is 10.7. The van der Waals surface area contributed by atoms with Gasteiger partial charge in [-0.1, -0.05) is 0 Å². The zero-order valence-electron chi connectivity index (χ0n) is 26.6. The van der Waals surface area contributed by atoms with Gasteiger partial charge < -0.3 is 28.7 Å². The average Bonchev–Trinajstić information content (AvgIpc) is 3.27. The van der Waals surface area contributed by atoms with Crippen LogP contribution in [0.25, 0.3) is 0 Å². The highest BCUT2D eigenvalue weighted by molar-refractivity contribution is 5.92. The first-order valence-corrected chi connectivity index (χ1v) is 15.7. The van der Waals surface area contributed by atoms with E-state index < -0.39 is 17.1 Å². The molecule has 3 aliphatic rings. The summed E-state index contributed by atoms with van der Waals surface area (Å²) >= 11 is 0. The number of cyclic esters (lactones) is 1. The van der Waals surface area contributed by atoms with Gasteiger partial charge in [-0.2, -0.15) is 0 Å². The van der Waals surface area contributed by atoms with Crippen molar-refractivity contribution in [2.45, 2.75) is 91.3 Å². The number of nitrogens with zero attached hydrogens (tertiary/aromatic N) is 3. The highest BCUT2D eigenvalue weighted by Gasteiger charge is 2.45. The molecule has 1 atom stereocenters. The predicted octanol–water partition coefficient (Wildman–Crippen LogP) is 3.36. The van der Waals surface area contributed by atoms with Gasteiger partial charge in [0.2, 0.25) is 5.96 Å². The van der Waals surface area contributed by atoms with Crippen molar-refractivity contribution in [1.82, 2.24) is 20.0 Å². The molecule has 0 aromatic heterocycles. The molecule has 0 aromatic carbocycles. The molecule has 244 valence electrons. The molecule has 0 saturated carbocycles. The molecule has 1 unspecified atom stereocenters. The first kappa shape index (κ1) is 34.4. The fourth-order valence-electron chi connectivity index (χ4n) is 6.02. The quantitative estimate of drug-likeness (QED) is 0.154. The summed E-state index contributed by atoms with van der Waals surface area (Å²) in [4.78, 5) is 55.3. The number of carbonyl (C=O) groups excluding carboxylic acids is 4. The Hall–Kier alpha value is -3.09. The number of esters is 2. The van der Waals surface area contributed by atoms with E-state index in [-0.39, 0.29) is 49.7 Å². The van der Waals surface area contributed by atoms with Crippen LogP contribution in [0.1, 0.15) is 79.6 Å². The van der Waals surface area contributed by atoms with Crippen LogP contribution in [0.3, 0.4) is 0 Å². The second-order valence-corrected chi connectivity index (χ2v) is 12.8. The van der Waals surface area contributed by atoms with Crippen LogP contribution in [0, 0.1) is 16.7 Å². The summed E-state index contributed by atoms with van der Waals surface area (Å²) in [6, 6.07) is 0. The summed E-state index contributed by atoms with van der Waals surface area (Å²) in [6.07, 6.45) is 3.56. The van der Waals surface area contributed by atoms with E-state index in [2.05, 4.69) is 10.2 Å². The van der Waals surface area contributed by atoms with Crippen molar-refractivity contribution < 1.29 is 38.1 Å². The minimum absolute atomic E-state index is 0.0181. The molecule has 0 aromatic rings. The maximum Gasteiger partial charge on any atom is 0.414 e. The number of piperidine rings is 2. The van der Waals surface area contributed by atoms with Crippen LogP contribution >= 0.6 is 0 Å². The van der Waals surface area contributed by atoms with E-state index in [1.165, 1.54) is 0 Å². The fourth-order valence-corrected chi connectivity index (χ4v) is 6.02. The van der Waals surface area contributed by atoms with Crippen molar-refractivity contribution in [3.63, 3.8) is 0 Å². The minimum atomic E-state index is -0.873. The number of likely N-dealkylation sites (tertiary alicyclic amines) is 2. The summed E-state index contributed by atoms with van der Waals surface area (Å²) < 4.78 is 21.3. The highest BCUT2D eigenvalue weighted by atomic mass is 16.6. The van der Waals surface area contributed by atoms with Crippen LogP contribution in [-0.4, -0.2) is 116 Å². The third kappa shape index (κ3) is 10.5. The van der Waals surface area contributed by atoms with Crippen molar-refractivity contribution in [3.8, 4) is 0 Å². The average molecular weight is 610 g/mol. The van der Waals surface area contributed by atoms with E-state index in [1.807, 2.05) is 4.90 Å². The van der Waals surface area contributed by atoms with E-state index in [0.717, 1.165) is 25.7 Å². The molecule has 0 bridgehead atoms. The number of rotatable bonds is 11. The summed E-state index contributed by atoms with van der Waals surface area (Å²) in [6.45, 7) is 13.8. The molecule has 0 aliphatic carbocycles. The van der Waals surface area contributed by atoms with Gasteiger partial charge in [0.1, 0.15) is 11.7 Å². The number of amides is 2. The lowest BCUT2D eigenvalue weighted by Crippen LogP contribution is -2.48. The number of guanidine groups is 1. The Labute approximate surface area is 255 Å². The zero-order chi connectivity index (χ0) is 31.6. The third-order valence-electron chi connectivity index (χ3n) is 8.31. The fraction of sp³-hybridized carbons (Fsp3) is 0.833. The maximum absolute atomic E-state index is 12.8. The molecule has 2 amide bonds. The van der Waals surface area contributed by atoms with Gasteiger partial charge in [0, 0.05) is 26.2 Å². The van der Waals surface area contributed by atoms with Gasteiger partial charge >= 0.3 is 24.1 Å². The second kappa shape index (κ2) is 15.6. The number of hydrogen-bond donors (Lipinski definition) is 2. The van der Waals surface area contributed by atoms with Crippen LogP contribution in [0.2, 0.25) is 0 Å². The van der Waals surface area contributed by atoms with Crippen LogP contribution in [-0.2, 0) is 28.5 Å². The van der Waals surface area contributed by atoms with Gasteiger partial charge in [-0.05, 0) is 92.2 Å². The van der Waals surface area contributed by atoms with Crippen molar-refractivity contribution in [2.24, 2.45) is 11.3 Å². The van der Waals surface area contributed by atoms with Crippen LogP contribution in [0.5, 0.6) is 0 Å². The minimum Gasteiger partial charge on any atom is -0.466 e. The Morgan fingerprint density at radius 1 is 1.05 bits per heavy atom. The van der Waals surface area contributed by atoms with E-state index in [0.29, 0.717) is 64.6 Å². The topological polar surface area (TPSA) is 151 Å². The lowest BCUT2D eigenvalue weighted by atomic mass is 9.75. The van der Waals surface area contributed by atoms with Gasteiger partial charge in [-0.15, -0.1) is 0 Å². The van der Waals surface area contributed by atoms with Gasteiger partial charge in [-0.3, -0.25) is 25.2 Å². The molecular weight excluding hydrogens is 558 g/mol. The molecule has 3 heterocycles. The lowest BCUT2D eigenvalue weighted by Gasteiger charge is -2.39. The SMILES string of the molecule is CCOC(=O)CC1(C(=O)OCC)CCN(CC2CN(CCCC3CCN(C(=N)NC(=O)OC(C)(C)C)CC3)C(=O)O2)CC1. The molecule has 3 saturated heterocycles. The smallest absolute Gasteiger partial charge is 0.414 e. The molecule has 0 spiro atoms. The third-order valence-corrected chi connectivity index (χ3v) is 8.31. The van der Waals surface area contributed by atoms with Crippen molar-refractivity contribution in [1.29, 1.82) is 5.41 Å². The molecule has 0 radical (unpaired) electrons. The zero-order valence-corrected chi connectivity index (χ0v) is 26.6. The van der Waals surface area contributed by atoms with Crippen LogP contribution in [0.15, 0.2) is 0 Å². The molecule has 3 fully saturated rings. The Balaban J connectivity index is 1.36. The second-order valence-electron chi connectivity index (χ2n) is 12.8. The van der Waals surface area contributed by atoms with Crippen LogP contribution < -0.4 is 5.32 Å². The normalized spacial score (nSPS) is 21.2. The number of ether oxygens (including phenoxy) is 4. The first-order valence-electron chi connectivity index (χ1n) is 15.7. The molecule has 3 rings (SSSR count). The molecule has 3 aliphatic heterocycles. The summed E-state index contributed by atoms with van der Waals surface area (Å²) in [5.74, 6) is -0.160. The molecule has 2 N–H and O–H groups in total. The maximum atomic E-state index is 12.8. The van der Waals surface area contributed by atoms with E-state index >= 15 is 0 Å². The predicted molar refractivity (Wildman–Crippen MR) is 158 cm³/mol. The molecule has 13 heteroatoms. The number of alkyl carbamates (subject to hydrolysis) is 1. The summed E-state index contributed by atoms with van der Waals surface area (Å²) in [5.41, 5.74) is -1.49. The van der Waals surface area contributed by atoms with Gasteiger partial charge in [0.15, 0.2) is 0 Å². The van der Waals surface area contributed by atoms with Crippen molar-refractivity contribution in [3.05, 3.63) is 0 Å². The number of nitrogens with one attached hydrogen (secondary N) is 2. The largest absolute Gasteiger partial charge is 0.466 e. The Bertz CT molecular complexity index is 984. The lowest BCUT2D eigenvalue weighted by molar-refractivity contribution is -0.165. The summed E-state index contributed by atoms with van der Waals surface area (Å²) in [7, 11) is 0. The number of carbonyl (C=O) groups is 4. The van der Waals surface area contributed by atoms with Crippen molar-refractivity contribution >= 4 is 30.1 Å².